The van der Waals surface area contributed by atoms with E-state index >= 15 is 0 Å². The molecule has 9 nitrogen and oxygen atoms in total. The Bertz CT molecular complexity index is 800. The lowest BCUT2D eigenvalue weighted by Gasteiger charge is -2.41. The summed E-state index contributed by atoms with van der Waals surface area (Å²) in [5.74, 6) is -1.04. The number of esters is 1. The number of nitrogens with one attached hydrogen (secondary N) is 2. The van der Waals surface area contributed by atoms with E-state index in [9.17, 15) is 19.2 Å². The van der Waals surface area contributed by atoms with Gasteiger partial charge in [0, 0.05) is 25.2 Å². The second kappa shape index (κ2) is 10.9. The van der Waals surface area contributed by atoms with Gasteiger partial charge in [-0.05, 0) is 44.2 Å². The number of carbonyl (C=O) groups excluding carboxylic acids is 4. The number of amides is 4. The standard InChI is InChI=1S/C22H30N4O5/c1-31-21(29)15-9-10-17-18(13-15)25-22(30)26(20(17)28)12-6-2-3-8-19(27)24-14-16-7-4-5-11-23-16/h4-5,7,11,15,17-18H,2-3,6,8-10,12-14H2,1H3,(H,24,27)(H,25,30). The third-order valence-electron chi connectivity index (χ3n) is 6.00. The Morgan fingerprint density at radius 1 is 1.23 bits per heavy atom. The van der Waals surface area contributed by atoms with Gasteiger partial charge in [-0.25, -0.2) is 4.79 Å². The van der Waals surface area contributed by atoms with Crippen LogP contribution in [-0.4, -0.2) is 53.4 Å². The second-order valence-electron chi connectivity index (χ2n) is 8.09. The molecule has 2 aliphatic rings. The van der Waals surface area contributed by atoms with Crippen molar-refractivity contribution < 1.29 is 23.9 Å². The Morgan fingerprint density at radius 3 is 2.81 bits per heavy atom. The molecule has 1 aliphatic carbocycles. The molecular weight excluding hydrogens is 400 g/mol. The van der Waals surface area contributed by atoms with Crippen molar-refractivity contribution in [2.75, 3.05) is 13.7 Å². The number of imide groups is 1. The van der Waals surface area contributed by atoms with Crippen LogP contribution in [-0.2, 0) is 25.7 Å². The predicted octanol–water partition coefficient (Wildman–Crippen LogP) is 1.77. The first kappa shape index (κ1) is 22.7. The first-order chi connectivity index (χ1) is 15.0. The molecule has 3 unspecified atom stereocenters. The second-order valence-corrected chi connectivity index (χ2v) is 8.09. The highest BCUT2D eigenvalue weighted by atomic mass is 16.5. The first-order valence-electron chi connectivity index (χ1n) is 10.9. The number of hydrogen-bond acceptors (Lipinski definition) is 6. The fraction of sp³-hybridized carbons (Fsp3) is 0.591. The van der Waals surface area contributed by atoms with E-state index in [1.54, 1.807) is 6.20 Å². The van der Waals surface area contributed by atoms with Crippen molar-refractivity contribution in [3.63, 3.8) is 0 Å². The highest BCUT2D eigenvalue weighted by Crippen LogP contribution is 2.33. The van der Waals surface area contributed by atoms with Crippen molar-refractivity contribution in [3.8, 4) is 0 Å². The van der Waals surface area contributed by atoms with Gasteiger partial charge in [0.25, 0.3) is 0 Å². The number of unbranched alkanes of at least 4 members (excludes halogenated alkanes) is 2. The number of urea groups is 1. The van der Waals surface area contributed by atoms with Crippen LogP contribution < -0.4 is 10.6 Å². The molecule has 1 aliphatic heterocycles. The zero-order valence-corrected chi connectivity index (χ0v) is 17.8. The monoisotopic (exact) mass is 430 g/mol. The fourth-order valence-corrected chi connectivity index (χ4v) is 4.27. The maximum Gasteiger partial charge on any atom is 0.324 e. The Labute approximate surface area is 181 Å². The van der Waals surface area contributed by atoms with Crippen LogP contribution in [0.1, 0.15) is 50.6 Å². The zero-order valence-electron chi connectivity index (χ0n) is 17.8. The van der Waals surface area contributed by atoms with Gasteiger partial charge in [-0.3, -0.25) is 24.3 Å². The Balaban J connectivity index is 1.35. The van der Waals surface area contributed by atoms with Crippen molar-refractivity contribution in [1.82, 2.24) is 20.5 Å². The summed E-state index contributed by atoms with van der Waals surface area (Å²) in [6.45, 7) is 0.741. The summed E-state index contributed by atoms with van der Waals surface area (Å²) in [7, 11) is 1.35. The average molecular weight is 431 g/mol. The van der Waals surface area contributed by atoms with Gasteiger partial charge in [0.05, 0.1) is 31.2 Å². The molecule has 31 heavy (non-hydrogen) atoms. The molecule has 2 fully saturated rings. The number of hydrogen-bond donors (Lipinski definition) is 2. The molecule has 168 valence electrons. The first-order valence-corrected chi connectivity index (χ1v) is 10.9. The van der Waals surface area contributed by atoms with Crippen LogP contribution in [0.25, 0.3) is 0 Å². The quantitative estimate of drug-likeness (QED) is 0.455. The van der Waals surface area contributed by atoms with Crippen molar-refractivity contribution >= 4 is 23.8 Å². The SMILES string of the molecule is COC(=O)C1CCC2C(=O)N(CCCCCC(=O)NCc3ccccn3)C(=O)NC2C1. The van der Waals surface area contributed by atoms with Gasteiger partial charge in [0.15, 0.2) is 0 Å². The Morgan fingerprint density at radius 2 is 2.06 bits per heavy atom. The van der Waals surface area contributed by atoms with E-state index in [1.165, 1.54) is 12.0 Å². The summed E-state index contributed by atoms with van der Waals surface area (Å²) >= 11 is 0. The molecule has 2 N–H and O–H groups in total. The highest BCUT2D eigenvalue weighted by molar-refractivity contribution is 5.98. The lowest BCUT2D eigenvalue weighted by Crippen LogP contribution is -2.61. The minimum absolute atomic E-state index is 0.0392. The summed E-state index contributed by atoms with van der Waals surface area (Å²) in [4.78, 5) is 54.3. The largest absolute Gasteiger partial charge is 0.469 e. The van der Waals surface area contributed by atoms with E-state index in [4.69, 9.17) is 4.74 Å². The maximum absolute atomic E-state index is 12.8. The number of pyridine rings is 1. The molecule has 0 aromatic carbocycles. The summed E-state index contributed by atoms with van der Waals surface area (Å²) in [6, 6.07) is 4.85. The predicted molar refractivity (Wildman–Crippen MR) is 111 cm³/mol. The summed E-state index contributed by atoms with van der Waals surface area (Å²) in [5.41, 5.74) is 0.810. The molecule has 4 amide bonds. The van der Waals surface area contributed by atoms with Crippen LogP contribution in [0.4, 0.5) is 4.79 Å². The molecule has 3 rings (SSSR count). The van der Waals surface area contributed by atoms with Crippen molar-refractivity contribution in [3.05, 3.63) is 30.1 Å². The van der Waals surface area contributed by atoms with Crippen LogP contribution >= 0.6 is 0 Å². The smallest absolute Gasteiger partial charge is 0.324 e. The number of methoxy groups -OCH3 is 1. The van der Waals surface area contributed by atoms with E-state index in [-0.39, 0.29) is 35.7 Å². The molecule has 0 radical (unpaired) electrons. The topological polar surface area (TPSA) is 118 Å². The lowest BCUT2D eigenvalue weighted by atomic mass is 9.76. The molecule has 1 aromatic rings. The normalized spacial score (nSPS) is 23.0. The van der Waals surface area contributed by atoms with Gasteiger partial charge in [-0.1, -0.05) is 12.5 Å². The zero-order chi connectivity index (χ0) is 22.2. The van der Waals surface area contributed by atoms with Gasteiger partial charge in [-0.15, -0.1) is 0 Å². The number of carbonyl (C=O) groups is 4. The van der Waals surface area contributed by atoms with Gasteiger partial charge < -0.3 is 15.4 Å². The van der Waals surface area contributed by atoms with Crippen LogP contribution in [0.3, 0.4) is 0 Å². The fourth-order valence-electron chi connectivity index (χ4n) is 4.27. The van der Waals surface area contributed by atoms with Crippen molar-refractivity contribution in [1.29, 1.82) is 0 Å². The van der Waals surface area contributed by atoms with Gasteiger partial charge in [-0.2, -0.15) is 0 Å². The minimum Gasteiger partial charge on any atom is -0.469 e. The van der Waals surface area contributed by atoms with E-state index in [1.807, 2.05) is 18.2 Å². The van der Waals surface area contributed by atoms with E-state index in [0.29, 0.717) is 51.6 Å². The number of nitrogens with zero attached hydrogens (tertiary/aromatic N) is 2. The third-order valence-corrected chi connectivity index (χ3v) is 6.00. The molecule has 1 saturated heterocycles. The minimum atomic E-state index is -0.398. The van der Waals surface area contributed by atoms with E-state index in [0.717, 1.165) is 12.1 Å². The van der Waals surface area contributed by atoms with Crippen LogP contribution in [0, 0.1) is 11.8 Å². The molecular formula is C22H30N4O5. The number of aromatic nitrogens is 1. The Hall–Kier alpha value is -2.97. The van der Waals surface area contributed by atoms with Gasteiger partial charge in [0.1, 0.15) is 0 Å². The molecule has 1 aromatic heterocycles. The van der Waals surface area contributed by atoms with Crippen molar-refractivity contribution in [2.24, 2.45) is 11.8 Å². The Kier molecular flexibility index (Phi) is 7.97. The molecule has 2 heterocycles. The van der Waals surface area contributed by atoms with Gasteiger partial charge >= 0.3 is 12.0 Å². The van der Waals surface area contributed by atoms with Crippen molar-refractivity contribution in [2.45, 2.75) is 57.5 Å². The average Bonchev–Trinajstić information content (AvgIpc) is 2.79. The van der Waals surface area contributed by atoms with Crippen LogP contribution in [0.15, 0.2) is 24.4 Å². The summed E-state index contributed by atoms with van der Waals surface area (Å²) in [6.07, 6.45) is 5.76. The molecule has 0 spiro atoms. The van der Waals surface area contributed by atoms with Crippen LogP contribution in [0.2, 0.25) is 0 Å². The molecule has 9 heteroatoms. The molecule has 1 saturated carbocycles. The van der Waals surface area contributed by atoms with Crippen LogP contribution in [0.5, 0.6) is 0 Å². The van der Waals surface area contributed by atoms with Gasteiger partial charge in [0.2, 0.25) is 11.8 Å². The number of ether oxygens (including phenoxy) is 1. The highest BCUT2D eigenvalue weighted by Gasteiger charge is 2.45. The van der Waals surface area contributed by atoms with E-state index < -0.39 is 6.03 Å². The summed E-state index contributed by atoms with van der Waals surface area (Å²) in [5, 5.41) is 5.72. The third kappa shape index (κ3) is 6.02. The van der Waals surface area contributed by atoms with E-state index in [2.05, 4.69) is 15.6 Å². The number of fused-ring (bicyclic) bond motifs is 1. The lowest BCUT2D eigenvalue weighted by molar-refractivity contribution is -0.149. The number of rotatable bonds is 9. The maximum atomic E-state index is 12.8. The molecule has 3 atom stereocenters. The summed E-state index contributed by atoms with van der Waals surface area (Å²) < 4.78 is 4.80. The molecule has 0 bridgehead atoms.